The van der Waals surface area contributed by atoms with Gasteiger partial charge in [0.25, 0.3) is 0 Å². The highest BCUT2D eigenvalue weighted by Crippen LogP contribution is 2.31. The Kier molecular flexibility index (Phi) is 3.83. The summed E-state index contributed by atoms with van der Waals surface area (Å²) in [6.07, 6.45) is -1.37. The first-order valence-electron chi connectivity index (χ1n) is 6.76. The van der Waals surface area contributed by atoms with E-state index >= 15 is 0 Å². The fourth-order valence-corrected chi connectivity index (χ4v) is 3.49. The third kappa shape index (κ3) is 2.50. The molecule has 4 atom stereocenters. The molecule has 0 aliphatic carbocycles. The van der Waals surface area contributed by atoms with Gasteiger partial charge in [0, 0.05) is 17.6 Å². The van der Waals surface area contributed by atoms with E-state index in [-0.39, 0.29) is 0 Å². The summed E-state index contributed by atoms with van der Waals surface area (Å²) in [4.78, 5) is 4.47. The molecule has 2 aromatic heterocycles. The number of nitrogens with zero attached hydrogens (tertiary/aromatic N) is 2. The van der Waals surface area contributed by atoms with E-state index in [1.54, 1.807) is 6.07 Å². The fraction of sp³-hybridized carbons (Fsp3) is 0.500. The molecule has 0 bridgehead atoms. The average Bonchev–Trinajstić information content (AvgIpc) is 2.76. The van der Waals surface area contributed by atoms with Crippen molar-refractivity contribution in [3.63, 3.8) is 0 Å². The van der Waals surface area contributed by atoms with Crippen molar-refractivity contribution in [3.05, 3.63) is 29.7 Å². The Balaban J connectivity index is 1.90. The Labute approximate surface area is 126 Å². The molecule has 1 aliphatic rings. The average molecular weight is 310 g/mol. The van der Waals surface area contributed by atoms with Crippen molar-refractivity contribution >= 4 is 17.4 Å². The molecular formula is C14H18N2O4S. The number of imidazole rings is 1. The summed E-state index contributed by atoms with van der Waals surface area (Å²) in [5.74, 6) is 0.868. The molecule has 3 heterocycles. The maximum Gasteiger partial charge on any atom is 0.180 e. The van der Waals surface area contributed by atoms with E-state index < -0.39 is 23.7 Å². The van der Waals surface area contributed by atoms with E-state index in [9.17, 15) is 15.3 Å². The van der Waals surface area contributed by atoms with E-state index in [4.69, 9.17) is 4.74 Å². The summed E-state index contributed by atoms with van der Waals surface area (Å²) >= 11 is 1.28. The Bertz CT molecular complexity index is 660. The number of fused-ring (bicyclic) bond motifs is 1. The molecule has 1 saturated heterocycles. The van der Waals surface area contributed by atoms with Gasteiger partial charge in [-0.2, -0.15) is 0 Å². The number of aryl methyl sites for hydroxylation is 2. The highest BCUT2D eigenvalue weighted by atomic mass is 32.2. The Morgan fingerprint density at radius 1 is 1.29 bits per heavy atom. The van der Waals surface area contributed by atoms with Crippen molar-refractivity contribution in [2.75, 3.05) is 5.75 Å². The van der Waals surface area contributed by atoms with E-state index in [1.807, 2.05) is 30.5 Å². The second-order valence-corrected chi connectivity index (χ2v) is 6.35. The van der Waals surface area contributed by atoms with Gasteiger partial charge in [-0.15, -0.1) is 11.8 Å². The Morgan fingerprint density at radius 3 is 2.81 bits per heavy atom. The number of rotatable bonds is 2. The minimum Gasteiger partial charge on any atom is -0.473 e. The molecule has 0 radical (unpaired) electrons. The maximum absolute atomic E-state index is 10.0. The molecule has 7 heteroatoms. The number of hydrogen-bond acceptors (Lipinski definition) is 6. The predicted octanol–water partition coefficient (Wildman–Crippen LogP) is 0.486. The molecule has 0 spiro atoms. The molecule has 1 fully saturated rings. The number of hydrogen-bond donors (Lipinski definition) is 3. The van der Waals surface area contributed by atoms with Gasteiger partial charge in [0.2, 0.25) is 0 Å². The molecular weight excluding hydrogens is 292 g/mol. The van der Waals surface area contributed by atoms with Crippen LogP contribution in [0.15, 0.2) is 18.3 Å². The lowest BCUT2D eigenvalue weighted by Crippen LogP contribution is -2.50. The summed E-state index contributed by atoms with van der Waals surface area (Å²) in [5.41, 5.74) is 1.99. The highest BCUT2D eigenvalue weighted by Gasteiger charge is 2.38. The van der Waals surface area contributed by atoms with Gasteiger partial charge in [0.1, 0.15) is 12.2 Å². The smallest absolute Gasteiger partial charge is 0.180 e. The van der Waals surface area contributed by atoms with Crippen LogP contribution in [0.4, 0.5) is 0 Å². The van der Waals surface area contributed by atoms with E-state index in [1.165, 1.54) is 11.8 Å². The molecule has 114 valence electrons. The van der Waals surface area contributed by atoms with Crippen LogP contribution in [0.5, 0.6) is 5.75 Å². The third-order valence-electron chi connectivity index (χ3n) is 3.79. The monoisotopic (exact) mass is 310 g/mol. The van der Waals surface area contributed by atoms with Crippen LogP contribution in [0.2, 0.25) is 0 Å². The van der Waals surface area contributed by atoms with Crippen LogP contribution in [0.3, 0.4) is 0 Å². The van der Waals surface area contributed by atoms with Crippen LogP contribution in [-0.2, 0) is 0 Å². The van der Waals surface area contributed by atoms with Gasteiger partial charge in [-0.1, -0.05) is 0 Å². The predicted molar refractivity (Wildman–Crippen MR) is 79.6 cm³/mol. The zero-order chi connectivity index (χ0) is 15.1. The maximum atomic E-state index is 10.0. The van der Waals surface area contributed by atoms with Gasteiger partial charge in [-0.25, -0.2) is 4.98 Å². The second-order valence-electron chi connectivity index (χ2n) is 5.22. The fourth-order valence-electron chi connectivity index (χ4n) is 2.37. The lowest BCUT2D eigenvalue weighted by molar-refractivity contribution is -0.0784. The van der Waals surface area contributed by atoms with Crippen molar-refractivity contribution in [1.82, 2.24) is 9.38 Å². The first kappa shape index (κ1) is 14.6. The quantitative estimate of drug-likeness (QED) is 0.748. The largest absolute Gasteiger partial charge is 0.473 e. The van der Waals surface area contributed by atoms with Crippen LogP contribution in [-0.4, -0.2) is 54.2 Å². The van der Waals surface area contributed by atoms with Gasteiger partial charge in [0.05, 0.1) is 11.8 Å². The van der Waals surface area contributed by atoms with Crippen LogP contribution < -0.4 is 4.74 Å². The molecule has 3 rings (SSSR count). The molecule has 0 aromatic carbocycles. The van der Waals surface area contributed by atoms with Crippen molar-refractivity contribution in [2.45, 2.75) is 37.6 Å². The first-order chi connectivity index (χ1) is 9.99. The standard InChI is InChI=1S/C14H18N2O4S/c1-7-8(2)16-5-3-4-10(13(16)15-7)20-14-12(19)11(18)9(17)6-21-14/h3-5,9,11-12,14,17-19H,6H2,1-2H3/t9-,11+,12-,14+/m1/s1. The summed E-state index contributed by atoms with van der Waals surface area (Å²) in [6.45, 7) is 3.90. The summed E-state index contributed by atoms with van der Waals surface area (Å²) in [7, 11) is 0. The molecule has 1 aliphatic heterocycles. The molecule has 3 N–H and O–H groups in total. The molecule has 0 amide bonds. The normalized spacial score (nSPS) is 29.8. The lowest BCUT2D eigenvalue weighted by atomic mass is 10.1. The Morgan fingerprint density at radius 2 is 2.05 bits per heavy atom. The number of thioether (sulfide) groups is 1. The lowest BCUT2D eigenvalue weighted by Gasteiger charge is -2.34. The second kappa shape index (κ2) is 5.49. The minimum absolute atomic E-state index is 0.318. The summed E-state index contributed by atoms with van der Waals surface area (Å²) in [5, 5.41) is 29.3. The van der Waals surface area contributed by atoms with Gasteiger partial charge >= 0.3 is 0 Å². The van der Waals surface area contributed by atoms with Gasteiger partial charge < -0.3 is 24.5 Å². The van der Waals surface area contributed by atoms with Crippen molar-refractivity contribution in [2.24, 2.45) is 0 Å². The number of aliphatic hydroxyl groups excluding tert-OH is 3. The number of aliphatic hydroxyl groups is 3. The zero-order valence-electron chi connectivity index (χ0n) is 11.8. The van der Waals surface area contributed by atoms with Crippen molar-refractivity contribution in [1.29, 1.82) is 0 Å². The molecule has 0 saturated carbocycles. The Hall–Kier alpha value is -1.28. The van der Waals surface area contributed by atoms with E-state index in [0.717, 1.165) is 11.4 Å². The minimum atomic E-state index is -1.20. The van der Waals surface area contributed by atoms with E-state index in [2.05, 4.69) is 4.98 Å². The summed E-state index contributed by atoms with van der Waals surface area (Å²) in [6, 6.07) is 3.63. The van der Waals surface area contributed by atoms with Gasteiger partial charge in [0.15, 0.2) is 16.8 Å². The number of aromatic nitrogens is 2. The molecule has 6 nitrogen and oxygen atoms in total. The van der Waals surface area contributed by atoms with Crippen LogP contribution in [0.1, 0.15) is 11.4 Å². The summed E-state index contributed by atoms with van der Waals surface area (Å²) < 4.78 is 7.75. The SMILES string of the molecule is Cc1nc2c(O[C@H]3SC[C@@H](O)[C@H](O)[C@H]3O)cccn2c1C. The van der Waals surface area contributed by atoms with Gasteiger partial charge in [-0.05, 0) is 26.0 Å². The van der Waals surface area contributed by atoms with E-state index in [0.29, 0.717) is 17.1 Å². The highest BCUT2D eigenvalue weighted by molar-refractivity contribution is 7.99. The van der Waals surface area contributed by atoms with Crippen LogP contribution in [0, 0.1) is 13.8 Å². The first-order valence-corrected chi connectivity index (χ1v) is 7.80. The third-order valence-corrected chi connectivity index (χ3v) is 5.02. The molecule has 2 aromatic rings. The van der Waals surface area contributed by atoms with Crippen molar-refractivity contribution < 1.29 is 20.1 Å². The van der Waals surface area contributed by atoms with Crippen molar-refractivity contribution in [3.8, 4) is 5.75 Å². The van der Waals surface area contributed by atoms with Crippen LogP contribution >= 0.6 is 11.8 Å². The zero-order valence-corrected chi connectivity index (χ0v) is 12.6. The molecule has 0 unspecified atom stereocenters. The number of ether oxygens (including phenoxy) is 1. The number of pyridine rings is 1. The molecule has 21 heavy (non-hydrogen) atoms. The topological polar surface area (TPSA) is 87.2 Å². The van der Waals surface area contributed by atoms with Gasteiger partial charge in [-0.3, -0.25) is 0 Å². The van der Waals surface area contributed by atoms with Crippen LogP contribution in [0.25, 0.3) is 5.65 Å².